The van der Waals surface area contributed by atoms with E-state index in [0.29, 0.717) is 48.0 Å². The fraction of sp³-hybridized carbons (Fsp3) is 0.208. The number of hydrogen-bond acceptors (Lipinski definition) is 4. The quantitative estimate of drug-likeness (QED) is 0.666. The highest BCUT2D eigenvalue weighted by Gasteiger charge is 2.26. The van der Waals surface area contributed by atoms with Crippen molar-refractivity contribution >= 4 is 34.8 Å². The first kappa shape index (κ1) is 20.9. The average Bonchev–Trinajstić information content (AvgIpc) is 2.81. The average molecular weight is 435 g/mol. The number of amides is 2. The van der Waals surface area contributed by atoms with Gasteiger partial charge in [-0.15, -0.1) is 0 Å². The molecule has 158 valence electrons. The summed E-state index contributed by atoms with van der Waals surface area (Å²) >= 11 is 6.32. The SMILES string of the molecule is Cc1cccc(C(=O)N2CCN(c3ccccc3Cl)CC2)c1NC(=O)c1ccncc1. The third-order valence-electron chi connectivity index (χ3n) is 5.44. The lowest BCUT2D eigenvalue weighted by Gasteiger charge is -2.36. The Morgan fingerprint density at radius 1 is 0.935 bits per heavy atom. The normalized spacial score (nSPS) is 13.7. The van der Waals surface area contributed by atoms with E-state index in [2.05, 4.69) is 15.2 Å². The predicted molar refractivity (Wildman–Crippen MR) is 123 cm³/mol. The molecule has 3 aromatic rings. The Morgan fingerprint density at radius 3 is 2.35 bits per heavy atom. The van der Waals surface area contributed by atoms with Gasteiger partial charge in [0.2, 0.25) is 0 Å². The summed E-state index contributed by atoms with van der Waals surface area (Å²) in [5, 5.41) is 3.63. The number of para-hydroxylation sites is 2. The summed E-state index contributed by atoms with van der Waals surface area (Å²) in [5.74, 6) is -0.359. The Balaban J connectivity index is 1.50. The van der Waals surface area contributed by atoms with Gasteiger partial charge in [0, 0.05) is 44.1 Å². The first-order valence-electron chi connectivity index (χ1n) is 10.1. The molecule has 1 saturated heterocycles. The number of aryl methyl sites for hydroxylation is 1. The number of nitrogens with one attached hydrogen (secondary N) is 1. The zero-order chi connectivity index (χ0) is 21.8. The van der Waals surface area contributed by atoms with Crippen molar-refractivity contribution in [2.75, 3.05) is 36.4 Å². The van der Waals surface area contributed by atoms with E-state index in [9.17, 15) is 9.59 Å². The van der Waals surface area contributed by atoms with Crippen LogP contribution >= 0.6 is 11.6 Å². The Labute approximate surface area is 186 Å². The molecule has 0 bridgehead atoms. The maximum Gasteiger partial charge on any atom is 0.256 e. The van der Waals surface area contributed by atoms with E-state index in [4.69, 9.17) is 11.6 Å². The Kier molecular flexibility index (Phi) is 6.18. The first-order chi connectivity index (χ1) is 15.0. The van der Waals surface area contributed by atoms with Gasteiger partial charge in [-0.2, -0.15) is 0 Å². The van der Waals surface area contributed by atoms with Crippen molar-refractivity contribution < 1.29 is 9.59 Å². The molecule has 1 aromatic heterocycles. The fourth-order valence-electron chi connectivity index (χ4n) is 3.73. The maximum atomic E-state index is 13.3. The number of rotatable bonds is 4. The highest BCUT2D eigenvalue weighted by molar-refractivity contribution is 6.33. The molecule has 2 amide bonds. The summed E-state index contributed by atoms with van der Waals surface area (Å²) in [7, 11) is 0. The van der Waals surface area contributed by atoms with Crippen LogP contribution in [0.4, 0.5) is 11.4 Å². The monoisotopic (exact) mass is 434 g/mol. The zero-order valence-electron chi connectivity index (χ0n) is 17.2. The molecule has 0 saturated carbocycles. The molecule has 31 heavy (non-hydrogen) atoms. The number of nitrogens with zero attached hydrogens (tertiary/aromatic N) is 3. The van der Waals surface area contributed by atoms with Gasteiger partial charge in [0.1, 0.15) is 0 Å². The van der Waals surface area contributed by atoms with Crippen LogP contribution in [0.2, 0.25) is 5.02 Å². The number of benzene rings is 2. The van der Waals surface area contributed by atoms with Gasteiger partial charge in [-0.3, -0.25) is 14.6 Å². The smallest absolute Gasteiger partial charge is 0.256 e. The Bertz CT molecular complexity index is 1100. The minimum atomic E-state index is -0.269. The summed E-state index contributed by atoms with van der Waals surface area (Å²) in [6.45, 7) is 4.43. The molecule has 0 radical (unpaired) electrons. The highest BCUT2D eigenvalue weighted by atomic mass is 35.5. The van der Waals surface area contributed by atoms with Crippen LogP contribution in [-0.2, 0) is 0 Å². The molecule has 0 spiro atoms. The van der Waals surface area contributed by atoms with Crippen LogP contribution in [0.1, 0.15) is 26.3 Å². The fourth-order valence-corrected chi connectivity index (χ4v) is 3.99. The topological polar surface area (TPSA) is 65.5 Å². The number of carbonyl (C=O) groups excluding carboxylic acids is 2. The summed E-state index contributed by atoms with van der Waals surface area (Å²) in [5.41, 5.74) is 3.35. The molecule has 1 aliphatic rings. The van der Waals surface area contributed by atoms with Gasteiger partial charge in [-0.25, -0.2) is 0 Å². The Hall–Kier alpha value is -3.38. The summed E-state index contributed by atoms with van der Waals surface area (Å²) in [6, 6.07) is 16.5. The molecule has 1 N–H and O–H groups in total. The van der Waals surface area contributed by atoms with Crippen LogP contribution in [0.5, 0.6) is 0 Å². The largest absolute Gasteiger partial charge is 0.367 e. The van der Waals surface area contributed by atoms with Gasteiger partial charge in [-0.05, 0) is 42.8 Å². The molecular formula is C24H23ClN4O2. The van der Waals surface area contributed by atoms with E-state index in [0.717, 1.165) is 11.3 Å². The second kappa shape index (κ2) is 9.18. The number of pyridine rings is 1. The number of hydrogen-bond donors (Lipinski definition) is 1. The van der Waals surface area contributed by atoms with E-state index in [1.54, 1.807) is 30.6 Å². The molecule has 0 atom stereocenters. The number of aromatic nitrogens is 1. The molecule has 1 fully saturated rings. The van der Waals surface area contributed by atoms with Crippen molar-refractivity contribution in [2.45, 2.75) is 6.92 Å². The van der Waals surface area contributed by atoms with Gasteiger partial charge in [-0.1, -0.05) is 35.9 Å². The highest BCUT2D eigenvalue weighted by Crippen LogP contribution is 2.27. The molecule has 2 aromatic carbocycles. The molecule has 2 heterocycles. The van der Waals surface area contributed by atoms with E-state index in [-0.39, 0.29) is 11.8 Å². The minimum Gasteiger partial charge on any atom is -0.367 e. The second-order valence-corrected chi connectivity index (χ2v) is 7.83. The molecule has 1 aliphatic heterocycles. The minimum absolute atomic E-state index is 0.0902. The van der Waals surface area contributed by atoms with Crippen LogP contribution in [0, 0.1) is 6.92 Å². The van der Waals surface area contributed by atoms with Gasteiger partial charge in [0.15, 0.2) is 0 Å². The van der Waals surface area contributed by atoms with E-state index < -0.39 is 0 Å². The molecule has 6 nitrogen and oxygen atoms in total. The lowest BCUT2D eigenvalue weighted by atomic mass is 10.1. The third kappa shape index (κ3) is 4.54. The van der Waals surface area contributed by atoms with E-state index >= 15 is 0 Å². The van der Waals surface area contributed by atoms with Crippen molar-refractivity contribution in [1.82, 2.24) is 9.88 Å². The van der Waals surface area contributed by atoms with Crippen molar-refractivity contribution in [2.24, 2.45) is 0 Å². The molecule has 0 aliphatic carbocycles. The van der Waals surface area contributed by atoms with E-state index in [1.165, 1.54) is 0 Å². The van der Waals surface area contributed by atoms with Crippen molar-refractivity contribution in [3.63, 3.8) is 0 Å². The summed E-state index contributed by atoms with van der Waals surface area (Å²) in [6.07, 6.45) is 3.13. The first-order valence-corrected chi connectivity index (χ1v) is 10.5. The van der Waals surface area contributed by atoms with Gasteiger partial charge in [0.25, 0.3) is 11.8 Å². The van der Waals surface area contributed by atoms with Gasteiger partial charge in [0.05, 0.1) is 22.0 Å². The third-order valence-corrected chi connectivity index (χ3v) is 5.76. The predicted octanol–water partition coefficient (Wildman–Crippen LogP) is 4.26. The molecular weight excluding hydrogens is 412 g/mol. The Morgan fingerprint density at radius 2 is 1.65 bits per heavy atom. The second-order valence-electron chi connectivity index (χ2n) is 7.42. The summed E-state index contributed by atoms with van der Waals surface area (Å²) in [4.78, 5) is 33.9. The lowest BCUT2D eigenvalue weighted by molar-refractivity contribution is 0.0748. The lowest BCUT2D eigenvalue weighted by Crippen LogP contribution is -2.49. The molecule has 0 unspecified atom stereocenters. The van der Waals surface area contributed by atoms with Crippen LogP contribution in [0.25, 0.3) is 0 Å². The number of carbonyl (C=O) groups is 2. The zero-order valence-corrected chi connectivity index (χ0v) is 18.0. The van der Waals surface area contributed by atoms with E-state index in [1.807, 2.05) is 48.2 Å². The number of anilines is 2. The molecule has 4 rings (SSSR count). The van der Waals surface area contributed by atoms with Crippen molar-refractivity contribution in [1.29, 1.82) is 0 Å². The van der Waals surface area contributed by atoms with Crippen LogP contribution < -0.4 is 10.2 Å². The van der Waals surface area contributed by atoms with Gasteiger partial charge >= 0.3 is 0 Å². The molecule has 7 heteroatoms. The van der Waals surface area contributed by atoms with Gasteiger partial charge < -0.3 is 15.1 Å². The van der Waals surface area contributed by atoms with Crippen LogP contribution in [0.3, 0.4) is 0 Å². The summed E-state index contributed by atoms with van der Waals surface area (Å²) < 4.78 is 0. The number of piperazine rings is 1. The standard InChI is InChI=1S/C24H23ClN4O2/c1-17-5-4-6-19(22(17)27-23(30)18-9-11-26-12-10-18)24(31)29-15-13-28(14-16-29)21-8-3-2-7-20(21)25/h2-12H,13-16H2,1H3,(H,27,30). The van der Waals surface area contributed by atoms with Crippen molar-refractivity contribution in [3.8, 4) is 0 Å². The van der Waals surface area contributed by atoms with Crippen LogP contribution in [-0.4, -0.2) is 47.9 Å². The maximum absolute atomic E-state index is 13.3. The van der Waals surface area contributed by atoms with Crippen LogP contribution in [0.15, 0.2) is 67.0 Å². The number of halogens is 1. The van der Waals surface area contributed by atoms with Crippen molar-refractivity contribution in [3.05, 3.63) is 88.7 Å².